The Balaban J connectivity index is 1.56. The molecule has 2 heteroatoms. The lowest BCUT2D eigenvalue weighted by Crippen LogP contribution is -2.45. The lowest BCUT2D eigenvalue weighted by atomic mass is 9.58. The van der Waals surface area contributed by atoms with Gasteiger partial charge in [-0.05, 0) is 85.5 Å². The molecule has 1 saturated heterocycles. The number of rotatable bonds is 4. The number of hydrogen-bond donors (Lipinski definition) is 0. The molecule has 0 aromatic heterocycles. The topological polar surface area (TPSA) is 17.1 Å². The van der Waals surface area contributed by atoms with Gasteiger partial charge < -0.3 is 0 Å². The van der Waals surface area contributed by atoms with E-state index in [0.29, 0.717) is 10.8 Å². The molecule has 1 unspecified atom stereocenters. The van der Waals surface area contributed by atoms with Crippen LogP contribution in [0.2, 0.25) is 0 Å². The van der Waals surface area contributed by atoms with E-state index in [1.165, 1.54) is 48.0 Å². The monoisotopic (exact) mass is 388 g/mol. The van der Waals surface area contributed by atoms with Gasteiger partial charge in [-0.15, -0.1) is 0 Å². The SMILES string of the molecule is C[C@]12C(Cc3ccccc3)=C(Cc3ccccc3)[C@](C)(S1=O)C1(CC1)C21CC1. The maximum Gasteiger partial charge on any atom is 0.0716 e. The Hall–Kier alpha value is -1.67. The fourth-order valence-corrected chi connectivity index (χ4v) is 10.5. The summed E-state index contributed by atoms with van der Waals surface area (Å²) < 4.78 is 13.9. The zero-order valence-electron chi connectivity index (χ0n) is 16.8. The average Bonchev–Trinajstić information content (AvgIpc) is 3.61. The zero-order chi connectivity index (χ0) is 19.2. The summed E-state index contributed by atoms with van der Waals surface area (Å²) >= 11 is 0. The molecule has 0 N–H and O–H groups in total. The fourth-order valence-electron chi connectivity index (χ4n) is 7.37. The molecule has 3 fully saturated rings. The van der Waals surface area contributed by atoms with Crippen LogP contribution in [0.25, 0.3) is 0 Å². The molecule has 2 aromatic carbocycles. The van der Waals surface area contributed by atoms with Crippen molar-refractivity contribution >= 4 is 10.8 Å². The quantitative estimate of drug-likeness (QED) is 0.621. The third-order valence-electron chi connectivity index (χ3n) is 8.95. The lowest BCUT2D eigenvalue weighted by Gasteiger charge is -2.43. The average molecular weight is 389 g/mol. The highest BCUT2D eigenvalue weighted by atomic mass is 32.2. The van der Waals surface area contributed by atoms with Crippen LogP contribution in [-0.4, -0.2) is 13.7 Å². The predicted octanol–water partition coefficient (Wildman–Crippen LogP) is 5.62. The highest BCUT2D eigenvalue weighted by Gasteiger charge is 2.89. The van der Waals surface area contributed by atoms with Crippen LogP contribution in [0.1, 0.15) is 50.7 Å². The Bertz CT molecular complexity index is 931. The molecule has 2 spiro atoms. The van der Waals surface area contributed by atoms with Crippen LogP contribution in [0.5, 0.6) is 0 Å². The first-order valence-corrected chi connectivity index (χ1v) is 11.9. The second-order valence-electron chi connectivity index (χ2n) is 9.78. The summed E-state index contributed by atoms with van der Waals surface area (Å²) in [5.41, 5.74) is 6.36. The largest absolute Gasteiger partial charge is 0.258 e. The minimum Gasteiger partial charge on any atom is -0.258 e. The molecule has 6 rings (SSSR count). The van der Waals surface area contributed by atoms with E-state index in [0.717, 1.165) is 12.8 Å². The summed E-state index contributed by atoms with van der Waals surface area (Å²) in [6.07, 6.45) is 7.03. The zero-order valence-corrected chi connectivity index (χ0v) is 17.6. The molecule has 4 aliphatic rings. The molecule has 2 aliphatic heterocycles. The molecular formula is C26H28OS. The summed E-state index contributed by atoms with van der Waals surface area (Å²) in [5, 5.41) is 0. The van der Waals surface area contributed by atoms with Crippen molar-refractivity contribution in [1.29, 1.82) is 0 Å². The van der Waals surface area contributed by atoms with Crippen molar-refractivity contribution in [3.63, 3.8) is 0 Å². The van der Waals surface area contributed by atoms with Crippen molar-refractivity contribution in [1.82, 2.24) is 0 Å². The number of fused-ring (bicyclic) bond motifs is 5. The molecule has 2 aliphatic carbocycles. The molecule has 28 heavy (non-hydrogen) atoms. The first-order valence-electron chi connectivity index (χ1n) is 10.7. The molecule has 2 bridgehead atoms. The van der Waals surface area contributed by atoms with E-state index >= 15 is 0 Å². The van der Waals surface area contributed by atoms with E-state index in [4.69, 9.17) is 0 Å². The fraction of sp³-hybridized carbons (Fsp3) is 0.462. The normalized spacial score (nSPS) is 35.7. The molecule has 144 valence electrons. The molecular weight excluding hydrogens is 360 g/mol. The lowest BCUT2D eigenvalue weighted by molar-refractivity contribution is 0.207. The van der Waals surface area contributed by atoms with Gasteiger partial charge in [-0.3, -0.25) is 4.21 Å². The van der Waals surface area contributed by atoms with E-state index in [-0.39, 0.29) is 9.49 Å². The second kappa shape index (κ2) is 5.27. The van der Waals surface area contributed by atoms with Crippen LogP contribution in [0.4, 0.5) is 0 Å². The second-order valence-corrected chi connectivity index (χ2v) is 12.0. The van der Waals surface area contributed by atoms with Crippen LogP contribution in [-0.2, 0) is 23.6 Å². The van der Waals surface area contributed by atoms with Crippen molar-refractivity contribution in [2.24, 2.45) is 10.8 Å². The Morgan fingerprint density at radius 3 is 1.36 bits per heavy atom. The van der Waals surface area contributed by atoms with E-state index in [9.17, 15) is 4.21 Å². The van der Waals surface area contributed by atoms with Gasteiger partial charge in [0.2, 0.25) is 0 Å². The van der Waals surface area contributed by atoms with Crippen LogP contribution in [0, 0.1) is 10.8 Å². The van der Waals surface area contributed by atoms with Gasteiger partial charge in [0.05, 0.1) is 9.49 Å². The van der Waals surface area contributed by atoms with Gasteiger partial charge in [0.15, 0.2) is 0 Å². The van der Waals surface area contributed by atoms with E-state index in [1.54, 1.807) is 0 Å². The molecule has 1 nitrogen and oxygen atoms in total. The van der Waals surface area contributed by atoms with Gasteiger partial charge in [0.1, 0.15) is 0 Å². The molecule has 3 atom stereocenters. The van der Waals surface area contributed by atoms with E-state index < -0.39 is 10.8 Å². The predicted molar refractivity (Wildman–Crippen MR) is 116 cm³/mol. The molecule has 2 heterocycles. The maximum atomic E-state index is 14.2. The minimum atomic E-state index is -0.828. The highest BCUT2D eigenvalue weighted by molar-refractivity contribution is 7.89. The standard InChI is InChI=1S/C26H28OS/c1-23-21(17-19-9-5-3-6-10-19)22(18-20-11-7-4-8-12-20)24(2,28(23)27)26(15-16-26)25(23)13-14-25/h3-12H,13-18H2,1-2H3/t23-,24+,28?. The Morgan fingerprint density at radius 2 is 1.04 bits per heavy atom. The van der Waals surface area contributed by atoms with Gasteiger partial charge in [-0.25, -0.2) is 0 Å². The Morgan fingerprint density at radius 1 is 0.679 bits per heavy atom. The van der Waals surface area contributed by atoms with Gasteiger partial charge in [0.25, 0.3) is 0 Å². The molecule has 2 aromatic rings. The smallest absolute Gasteiger partial charge is 0.0716 e. The van der Waals surface area contributed by atoms with Crippen LogP contribution in [0.15, 0.2) is 71.8 Å². The Kier molecular flexibility index (Phi) is 3.24. The van der Waals surface area contributed by atoms with Crippen LogP contribution in [0.3, 0.4) is 0 Å². The number of benzene rings is 2. The first-order chi connectivity index (χ1) is 13.5. The van der Waals surface area contributed by atoms with Crippen molar-refractivity contribution in [3.8, 4) is 0 Å². The van der Waals surface area contributed by atoms with Crippen molar-refractivity contribution in [2.75, 3.05) is 0 Å². The first kappa shape index (κ1) is 17.2. The molecule has 0 radical (unpaired) electrons. The maximum absolute atomic E-state index is 14.2. The summed E-state index contributed by atoms with van der Waals surface area (Å²) in [4.78, 5) is 0. The Labute approximate surface area is 170 Å². The van der Waals surface area contributed by atoms with Gasteiger partial charge in [-0.1, -0.05) is 60.7 Å². The molecule has 2 saturated carbocycles. The minimum absolute atomic E-state index is 0.141. The van der Waals surface area contributed by atoms with Crippen LogP contribution < -0.4 is 0 Å². The van der Waals surface area contributed by atoms with E-state index in [1.807, 2.05) is 0 Å². The van der Waals surface area contributed by atoms with E-state index in [2.05, 4.69) is 74.5 Å². The number of hydrogen-bond acceptors (Lipinski definition) is 1. The van der Waals surface area contributed by atoms with Crippen molar-refractivity contribution in [3.05, 3.63) is 82.9 Å². The third-order valence-corrected chi connectivity index (χ3v) is 11.7. The summed E-state index contributed by atoms with van der Waals surface area (Å²) in [5.74, 6) is 0. The summed E-state index contributed by atoms with van der Waals surface area (Å²) in [7, 11) is -0.828. The van der Waals surface area contributed by atoms with Crippen molar-refractivity contribution in [2.45, 2.75) is 61.9 Å². The third kappa shape index (κ3) is 1.74. The van der Waals surface area contributed by atoms with Crippen LogP contribution >= 0.6 is 0 Å². The summed E-state index contributed by atoms with van der Waals surface area (Å²) in [6, 6.07) is 21.7. The molecule has 0 amide bonds. The van der Waals surface area contributed by atoms with Gasteiger partial charge >= 0.3 is 0 Å². The van der Waals surface area contributed by atoms with Gasteiger partial charge in [-0.2, -0.15) is 0 Å². The van der Waals surface area contributed by atoms with Crippen molar-refractivity contribution < 1.29 is 4.21 Å². The summed E-state index contributed by atoms with van der Waals surface area (Å²) in [6.45, 7) is 4.75. The van der Waals surface area contributed by atoms with Gasteiger partial charge in [0, 0.05) is 10.8 Å². The highest BCUT2D eigenvalue weighted by Crippen LogP contribution is 2.89.